The molecular weight excluding hydrogens is 174 g/mol. The molecule has 0 spiro atoms. The summed E-state index contributed by atoms with van der Waals surface area (Å²) in [5.74, 6) is 0.952. The van der Waals surface area contributed by atoms with Crippen molar-refractivity contribution in [1.29, 1.82) is 0 Å². The third kappa shape index (κ3) is 1.93. The first kappa shape index (κ1) is 8.81. The molecule has 1 aromatic carbocycles. The minimum atomic E-state index is 0.828. The van der Waals surface area contributed by atoms with Gasteiger partial charge in [0.15, 0.2) is 0 Å². The molecular formula is C11H13N3. The first-order chi connectivity index (χ1) is 6.86. The number of hydrogen-bond donors (Lipinski definition) is 2. The summed E-state index contributed by atoms with van der Waals surface area (Å²) in [5, 5.41) is 10.00. The maximum absolute atomic E-state index is 3.87. The fourth-order valence-corrected chi connectivity index (χ4v) is 1.35. The van der Waals surface area contributed by atoms with Crippen LogP contribution in [0.4, 0.5) is 5.82 Å². The molecule has 0 amide bonds. The van der Waals surface area contributed by atoms with Gasteiger partial charge in [-0.1, -0.05) is 24.3 Å². The molecule has 0 saturated carbocycles. The number of nitrogens with one attached hydrogen (secondary N) is 2. The zero-order chi connectivity index (χ0) is 9.80. The molecule has 72 valence electrons. The fraction of sp³-hybridized carbons (Fsp3) is 0.182. The number of hydrogen-bond acceptors (Lipinski definition) is 2. The van der Waals surface area contributed by atoms with Gasteiger partial charge < -0.3 is 5.32 Å². The highest BCUT2D eigenvalue weighted by atomic mass is 15.2. The Balaban J connectivity index is 2.02. The first-order valence-corrected chi connectivity index (χ1v) is 4.64. The average Bonchev–Trinajstić information content (AvgIpc) is 2.69. The number of aryl methyl sites for hydroxylation is 1. The Morgan fingerprint density at radius 1 is 1.29 bits per heavy atom. The minimum Gasteiger partial charge on any atom is -0.366 e. The topological polar surface area (TPSA) is 40.7 Å². The van der Waals surface area contributed by atoms with Gasteiger partial charge >= 0.3 is 0 Å². The van der Waals surface area contributed by atoms with Crippen LogP contribution < -0.4 is 5.32 Å². The summed E-state index contributed by atoms with van der Waals surface area (Å²) in [5.41, 5.74) is 2.61. The summed E-state index contributed by atoms with van der Waals surface area (Å²) in [6.07, 6.45) is 1.74. The summed E-state index contributed by atoms with van der Waals surface area (Å²) < 4.78 is 0. The van der Waals surface area contributed by atoms with Crippen LogP contribution in [0.3, 0.4) is 0 Å². The van der Waals surface area contributed by atoms with Crippen molar-refractivity contribution < 1.29 is 0 Å². The molecule has 3 heteroatoms. The smallest absolute Gasteiger partial charge is 0.121 e. The van der Waals surface area contributed by atoms with E-state index in [-0.39, 0.29) is 0 Å². The molecule has 0 unspecified atom stereocenters. The van der Waals surface area contributed by atoms with Crippen molar-refractivity contribution in [1.82, 2.24) is 10.2 Å². The molecule has 2 N–H and O–H groups in total. The van der Waals surface area contributed by atoms with Crippen LogP contribution in [0.2, 0.25) is 0 Å². The van der Waals surface area contributed by atoms with Crippen molar-refractivity contribution in [3.05, 3.63) is 47.7 Å². The van der Waals surface area contributed by atoms with Crippen LogP contribution in [0.25, 0.3) is 0 Å². The van der Waals surface area contributed by atoms with Crippen molar-refractivity contribution in [2.24, 2.45) is 0 Å². The van der Waals surface area contributed by atoms with Crippen LogP contribution in [-0.2, 0) is 6.54 Å². The number of anilines is 1. The molecule has 1 heterocycles. The second kappa shape index (κ2) is 3.96. The predicted octanol–water partition coefficient (Wildman–Crippen LogP) is 2.33. The lowest BCUT2D eigenvalue weighted by atomic mass is 10.1. The molecule has 0 saturated heterocycles. The lowest BCUT2D eigenvalue weighted by Crippen LogP contribution is -2.01. The molecule has 0 fully saturated rings. The van der Waals surface area contributed by atoms with E-state index in [1.54, 1.807) is 6.20 Å². The maximum atomic E-state index is 3.87. The Labute approximate surface area is 83.2 Å². The van der Waals surface area contributed by atoms with Crippen molar-refractivity contribution >= 4 is 5.82 Å². The van der Waals surface area contributed by atoms with E-state index in [2.05, 4.69) is 46.7 Å². The van der Waals surface area contributed by atoms with Gasteiger partial charge in [0.05, 0.1) is 6.20 Å². The van der Waals surface area contributed by atoms with Gasteiger partial charge in [-0.3, -0.25) is 5.10 Å². The van der Waals surface area contributed by atoms with Gasteiger partial charge in [0.1, 0.15) is 5.82 Å². The van der Waals surface area contributed by atoms with Crippen molar-refractivity contribution in [2.75, 3.05) is 5.32 Å². The van der Waals surface area contributed by atoms with Gasteiger partial charge in [0.2, 0.25) is 0 Å². The van der Waals surface area contributed by atoms with Gasteiger partial charge in [-0.25, -0.2) is 0 Å². The van der Waals surface area contributed by atoms with Gasteiger partial charge in [-0.05, 0) is 24.1 Å². The van der Waals surface area contributed by atoms with Crippen molar-refractivity contribution in [3.8, 4) is 0 Å². The summed E-state index contributed by atoms with van der Waals surface area (Å²) in [4.78, 5) is 0. The molecule has 14 heavy (non-hydrogen) atoms. The van der Waals surface area contributed by atoms with Crippen LogP contribution in [-0.4, -0.2) is 10.2 Å². The van der Waals surface area contributed by atoms with E-state index in [4.69, 9.17) is 0 Å². The van der Waals surface area contributed by atoms with Gasteiger partial charge in [-0.2, -0.15) is 5.10 Å². The largest absolute Gasteiger partial charge is 0.366 e. The second-order valence-electron chi connectivity index (χ2n) is 3.25. The summed E-state index contributed by atoms with van der Waals surface area (Å²) in [6.45, 7) is 2.94. The predicted molar refractivity (Wildman–Crippen MR) is 57.1 cm³/mol. The summed E-state index contributed by atoms with van der Waals surface area (Å²) in [7, 11) is 0. The first-order valence-electron chi connectivity index (χ1n) is 4.64. The summed E-state index contributed by atoms with van der Waals surface area (Å²) in [6, 6.07) is 10.3. The normalized spacial score (nSPS) is 10.1. The van der Waals surface area contributed by atoms with Gasteiger partial charge in [-0.15, -0.1) is 0 Å². The van der Waals surface area contributed by atoms with E-state index in [1.807, 2.05) is 6.07 Å². The van der Waals surface area contributed by atoms with Crippen molar-refractivity contribution in [3.63, 3.8) is 0 Å². The Morgan fingerprint density at radius 3 is 2.86 bits per heavy atom. The monoisotopic (exact) mass is 187 g/mol. The van der Waals surface area contributed by atoms with E-state index in [0.717, 1.165) is 12.4 Å². The van der Waals surface area contributed by atoms with E-state index in [9.17, 15) is 0 Å². The third-order valence-electron chi connectivity index (χ3n) is 2.23. The second-order valence-corrected chi connectivity index (χ2v) is 3.25. The van der Waals surface area contributed by atoms with E-state index in [1.165, 1.54) is 11.1 Å². The van der Waals surface area contributed by atoms with E-state index >= 15 is 0 Å². The van der Waals surface area contributed by atoms with Crippen molar-refractivity contribution in [2.45, 2.75) is 13.5 Å². The number of nitrogens with zero attached hydrogens (tertiary/aromatic N) is 1. The standard InChI is InChI=1S/C11H13N3/c1-9-4-2-3-5-10(9)8-12-11-6-7-13-14-11/h2-7H,8H2,1H3,(H2,12,13,14). The molecule has 0 aliphatic heterocycles. The van der Waals surface area contributed by atoms with Crippen LogP contribution in [0.5, 0.6) is 0 Å². The summed E-state index contributed by atoms with van der Waals surface area (Å²) >= 11 is 0. The Bertz CT molecular complexity index is 393. The number of H-pyrrole nitrogens is 1. The fourth-order valence-electron chi connectivity index (χ4n) is 1.35. The van der Waals surface area contributed by atoms with Crippen LogP contribution in [0, 0.1) is 6.92 Å². The number of benzene rings is 1. The highest BCUT2D eigenvalue weighted by Crippen LogP contribution is 2.09. The van der Waals surface area contributed by atoms with Gasteiger partial charge in [0.25, 0.3) is 0 Å². The molecule has 0 aliphatic rings. The quantitative estimate of drug-likeness (QED) is 0.774. The maximum Gasteiger partial charge on any atom is 0.121 e. The van der Waals surface area contributed by atoms with E-state index < -0.39 is 0 Å². The van der Waals surface area contributed by atoms with Crippen LogP contribution in [0.1, 0.15) is 11.1 Å². The molecule has 0 radical (unpaired) electrons. The molecule has 0 atom stereocenters. The number of aromatic nitrogens is 2. The molecule has 3 nitrogen and oxygen atoms in total. The number of aromatic amines is 1. The van der Waals surface area contributed by atoms with Crippen LogP contribution >= 0.6 is 0 Å². The van der Waals surface area contributed by atoms with E-state index in [0.29, 0.717) is 0 Å². The van der Waals surface area contributed by atoms with Crippen LogP contribution in [0.15, 0.2) is 36.5 Å². The molecule has 2 rings (SSSR count). The van der Waals surface area contributed by atoms with Gasteiger partial charge in [0, 0.05) is 6.54 Å². The third-order valence-corrected chi connectivity index (χ3v) is 2.23. The Hall–Kier alpha value is -1.77. The highest BCUT2D eigenvalue weighted by molar-refractivity contribution is 5.35. The lowest BCUT2D eigenvalue weighted by Gasteiger charge is -2.06. The number of rotatable bonds is 3. The molecule has 2 aromatic rings. The minimum absolute atomic E-state index is 0.828. The zero-order valence-corrected chi connectivity index (χ0v) is 8.12. The molecule has 1 aromatic heterocycles. The zero-order valence-electron chi connectivity index (χ0n) is 8.12. The average molecular weight is 187 g/mol. The Morgan fingerprint density at radius 2 is 2.14 bits per heavy atom. The Kier molecular flexibility index (Phi) is 2.49. The highest BCUT2D eigenvalue weighted by Gasteiger charge is 1.96. The molecule has 0 bridgehead atoms. The SMILES string of the molecule is Cc1ccccc1CNc1ccn[nH]1. The molecule has 0 aliphatic carbocycles. The lowest BCUT2D eigenvalue weighted by molar-refractivity contribution is 1.04.